The van der Waals surface area contributed by atoms with Gasteiger partial charge in [-0.25, -0.2) is 4.39 Å². The molecule has 162 valence electrons. The minimum absolute atomic E-state index is 0.102. The molecule has 2 atom stereocenters. The molecule has 1 aliphatic heterocycles. The first-order valence-corrected chi connectivity index (χ1v) is 11.1. The van der Waals surface area contributed by atoms with E-state index >= 15 is 0 Å². The molecule has 0 radical (unpaired) electrons. The Balaban J connectivity index is 1.38. The topological polar surface area (TPSA) is 74.6 Å². The molecule has 2 N–H and O–H groups in total. The summed E-state index contributed by atoms with van der Waals surface area (Å²) in [4.78, 5) is 28.4. The number of hydrogen-bond acceptors (Lipinski definition) is 5. The predicted octanol–water partition coefficient (Wildman–Crippen LogP) is 3.47. The summed E-state index contributed by atoms with van der Waals surface area (Å²) in [6.07, 6.45) is 3.14. The van der Waals surface area contributed by atoms with Crippen LogP contribution in [-0.2, 0) is 16.1 Å². The largest absolute Gasteiger partial charge is 0.467 e. The maximum Gasteiger partial charge on any atom is 0.237 e. The summed E-state index contributed by atoms with van der Waals surface area (Å²) in [7, 11) is 0. The quantitative estimate of drug-likeness (QED) is 0.561. The number of carbonyl (C=O) groups is 2. The van der Waals surface area contributed by atoms with Crippen molar-refractivity contribution in [2.75, 3.05) is 13.1 Å². The van der Waals surface area contributed by atoms with E-state index in [0.717, 1.165) is 16.9 Å². The van der Waals surface area contributed by atoms with Gasteiger partial charge >= 0.3 is 0 Å². The van der Waals surface area contributed by atoms with Gasteiger partial charge in [-0.3, -0.25) is 14.5 Å². The molecule has 0 saturated carbocycles. The highest BCUT2D eigenvalue weighted by Crippen LogP contribution is 2.26. The second-order valence-electron chi connectivity index (χ2n) is 7.49. The lowest BCUT2D eigenvalue weighted by molar-refractivity contribution is -0.128. The molecule has 8 heteroatoms. The van der Waals surface area contributed by atoms with Gasteiger partial charge in [0, 0.05) is 4.88 Å². The van der Waals surface area contributed by atoms with Crippen molar-refractivity contribution in [2.24, 2.45) is 0 Å². The van der Waals surface area contributed by atoms with Gasteiger partial charge in [0.1, 0.15) is 11.6 Å². The maximum atomic E-state index is 13.4. The molecule has 2 unspecified atom stereocenters. The first-order chi connectivity index (χ1) is 15.1. The molecular formula is C23H24FN3O3S. The first-order valence-electron chi connectivity index (χ1n) is 10.2. The normalized spacial score (nSPS) is 17.4. The van der Waals surface area contributed by atoms with Gasteiger partial charge in [0.15, 0.2) is 0 Å². The standard InChI is InChI=1S/C23H24FN3O3S/c24-17-9-7-16(8-10-17)22(20-6-3-13-31-20)26-21(28)15-27-11-1-5-19(27)23(29)25-14-18-4-2-12-30-18/h2-4,6-10,12-13,19,22H,1,5,11,14-15H2,(H,25,29)(H,26,28). The molecule has 3 aromatic rings. The number of furan rings is 1. The van der Waals surface area contributed by atoms with Gasteiger partial charge in [0.05, 0.1) is 31.4 Å². The summed E-state index contributed by atoms with van der Waals surface area (Å²) in [6, 6.07) is 12.9. The van der Waals surface area contributed by atoms with Crippen molar-refractivity contribution < 1.29 is 18.4 Å². The van der Waals surface area contributed by atoms with Crippen molar-refractivity contribution in [3.8, 4) is 0 Å². The SMILES string of the molecule is O=C(CN1CCCC1C(=O)NCc1ccco1)NC(c1ccc(F)cc1)c1cccs1. The Morgan fingerprint density at radius 3 is 2.74 bits per heavy atom. The van der Waals surface area contributed by atoms with E-state index in [0.29, 0.717) is 25.3 Å². The van der Waals surface area contributed by atoms with Gasteiger partial charge in [-0.15, -0.1) is 11.3 Å². The van der Waals surface area contributed by atoms with E-state index in [2.05, 4.69) is 10.6 Å². The molecule has 1 saturated heterocycles. The van der Waals surface area contributed by atoms with Crippen molar-refractivity contribution >= 4 is 23.2 Å². The van der Waals surface area contributed by atoms with Crippen LogP contribution in [-0.4, -0.2) is 35.8 Å². The van der Waals surface area contributed by atoms with Crippen LogP contribution >= 0.6 is 11.3 Å². The molecule has 2 aromatic heterocycles. The van der Waals surface area contributed by atoms with E-state index in [9.17, 15) is 14.0 Å². The van der Waals surface area contributed by atoms with Crippen LogP contribution in [0, 0.1) is 5.82 Å². The van der Waals surface area contributed by atoms with Crippen LogP contribution in [0.2, 0.25) is 0 Å². The van der Waals surface area contributed by atoms with Crippen molar-refractivity contribution in [3.05, 3.63) is 82.2 Å². The number of nitrogens with zero attached hydrogens (tertiary/aromatic N) is 1. The van der Waals surface area contributed by atoms with E-state index in [1.165, 1.54) is 23.5 Å². The van der Waals surface area contributed by atoms with Crippen LogP contribution in [0.1, 0.15) is 35.1 Å². The zero-order chi connectivity index (χ0) is 21.6. The van der Waals surface area contributed by atoms with Crippen LogP contribution < -0.4 is 10.6 Å². The Hall–Kier alpha value is -2.97. The highest BCUT2D eigenvalue weighted by molar-refractivity contribution is 7.10. The number of rotatable bonds is 8. The van der Waals surface area contributed by atoms with Gasteiger partial charge in [0.25, 0.3) is 0 Å². The second kappa shape index (κ2) is 9.89. The first kappa shape index (κ1) is 21.3. The van der Waals surface area contributed by atoms with Crippen LogP contribution in [0.25, 0.3) is 0 Å². The van der Waals surface area contributed by atoms with E-state index in [1.807, 2.05) is 22.4 Å². The number of halogens is 1. The molecule has 2 amide bonds. The lowest BCUT2D eigenvalue weighted by Crippen LogP contribution is -2.47. The maximum absolute atomic E-state index is 13.4. The summed E-state index contributed by atoms with van der Waals surface area (Å²) >= 11 is 1.53. The van der Waals surface area contributed by atoms with Crippen LogP contribution in [0.4, 0.5) is 4.39 Å². The molecule has 3 heterocycles. The molecular weight excluding hydrogens is 417 g/mol. The Bertz CT molecular complexity index is 990. The number of nitrogens with one attached hydrogen (secondary N) is 2. The molecule has 6 nitrogen and oxygen atoms in total. The molecule has 0 spiro atoms. The van der Waals surface area contributed by atoms with E-state index in [1.54, 1.807) is 30.5 Å². The summed E-state index contributed by atoms with van der Waals surface area (Å²) in [6.45, 7) is 1.14. The lowest BCUT2D eigenvalue weighted by Gasteiger charge is -2.25. The fourth-order valence-electron chi connectivity index (χ4n) is 3.84. The fraction of sp³-hybridized carbons (Fsp3) is 0.304. The van der Waals surface area contributed by atoms with E-state index in [4.69, 9.17) is 4.42 Å². The third-order valence-electron chi connectivity index (χ3n) is 5.37. The molecule has 0 aliphatic carbocycles. The number of hydrogen-bond donors (Lipinski definition) is 2. The molecule has 31 heavy (non-hydrogen) atoms. The van der Waals surface area contributed by atoms with Crippen molar-refractivity contribution in [1.82, 2.24) is 15.5 Å². The third-order valence-corrected chi connectivity index (χ3v) is 6.30. The number of carbonyl (C=O) groups excluding carboxylic acids is 2. The second-order valence-corrected chi connectivity index (χ2v) is 8.47. The molecule has 1 aromatic carbocycles. The van der Waals surface area contributed by atoms with E-state index in [-0.39, 0.29) is 36.3 Å². The summed E-state index contributed by atoms with van der Waals surface area (Å²) < 4.78 is 18.6. The number of thiophene rings is 1. The molecule has 4 rings (SSSR count). The van der Waals surface area contributed by atoms with Crippen LogP contribution in [0.5, 0.6) is 0 Å². The molecule has 1 fully saturated rings. The summed E-state index contributed by atoms with van der Waals surface area (Å²) in [5.74, 6) is 0.0951. The van der Waals surface area contributed by atoms with Gasteiger partial charge in [-0.05, 0) is 60.7 Å². The number of benzene rings is 1. The van der Waals surface area contributed by atoms with E-state index < -0.39 is 0 Å². The van der Waals surface area contributed by atoms with Gasteiger partial charge in [-0.2, -0.15) is 0 Å². The fourth-order valence-corrected chi connectivity index (χ4v) is 4.64. The molecule has 0 bridgehead atoms. The van der Waals surface area contributed by atoms with Crippen molar-refractivity contribution in [2.45, 2.75) is 31.5 Å². The summed E-state index contributed by atoms with van der Waals surface area (Å²) in [5.41, 5.74) is 0.811. The highest BCUT2D eigenvalue weighted by Gasteiger charge is 2.32. The van der Waals surface area contributed by atoms with Gasteiger partial charge in [0.2, 0.25) is 11.8 Å². The Kier molecular flexibility index (Phi) is 6.79. The lowest BCUT2D eigenvalue weighted by atomic mass is 10.1. The van der Waals surface area contributed by atoms with Crippen molar-refractivity contribution in [1.29, 1.82) is 0 Å². The van der Waals surface area contributed by atoms with Crippen molar-refractivity contribution in [3.63, 3.8) is 0 Å². The van der Waals surface area contributed by atoms with Gasteiger partial charge < -0.3 is 15.1 Å². The highest BCUT2D eigenvalue weighted by atomic mass is 32.1. The average Bonchev–Trinajstić information content (AvgIpc) is 3.54. The third kappa shape index (κ3) is 5.39. The zero-order valence-corrected chi connectivity index (χ0v) is 17.7. The van der Waals surface area contributed by atoms with Crippen LogP contribution in [0.3, 0.4) is 0 Å². The zero-order valence-electron chi connectivity index (χ0n) is 16.9. The Morgan fingerprint density at radius 1 is 1.19 bits per heavy atom. The Morgan fingerprint density at radius 2 is 2.03 bits per heavy atom. The van der Waals surface area contributed by atoms with Crippen LogP contribution in [0.15, 0.2) is 64.6 Å². The van der Waals surface area contributed by atoms with Gasteiger partial charge in [-0.1, -0.05) is 18.2 Å². The predicted molar refractivity (Wildman–Crippen MR) is 116 cm³/mol. The number of amides is 2. The summed E-state index contributed by atoms with van der Waals surface area (Å²) in [5, 5.41) is 7.88. The molecule has 1 aliphatic rings. The monoisotopic (exact) mass is 441 g/mol. The average molecular weight is 442 g/mol. The minimum Gasteiger partial charge on any atom is -0.467 e. The number of likely N-dealkylation sites (tertiary alicyclic amines) is 1. The Labute approximate surface area is 184 Å². The minimum atomic E-state index is -0.359. The smallest absolute Gasteiger partial charge is 0.237 e.